The largest absolute Gasteiger partial charge is 0.481 e. The highest BCUT2D eigenvalue weighted by Crippen LogP contribution is 2.41. The van der Waals surface area contributed by atoms with Crippen LogP contribution < -0.4 is 30.1 Å². The Morgan fingerprint density at radius 1 is 0.925 bits per heavy atom. The van der Waals surface area contributed by atoms with Gasteiger partial charge in [0.05, 0.1) is 47.0 Å². The van der Waals surface area contributed by atoms with Gasteiger partial charge in [-0.05, 0) is 86.4 Å². The number of rotatable bonds is 13. The molecule has 21 nitrogen and oxygen atoms in total. The van der Waals surface area contributed by atoms with Gasteiger partial charge in [0.2, 0.25) is 34.9 Å². The first-order chi connectivity index (χ1) is 31.2. The molecule has 3 amide bonds. The lowest BCUT2D eigenvalue weighted by atomic mass is 10.1. The number of halogens is 7. The van der Waals surface area contributed by atoms with Gasteiger partial charge >= 0.3 is 18.2 Å². The first-order valence-electron chi connectivity index (χ1n) is 19.1. The molecule has 0 radical (unpaired) electrons. The van der Waals surface area contributed by atoms with Gasteiger partial charge in [-0.1, -0.05) is 11.6 Å². The molecule has 67 heavy (non-hydrogen) atoms. The summed E-state index contributed by atoms with van der Waals surface area (Å²) in [5.41, 5.74) is -2.05. The van der Waals surface area contributed by atoms with Crippen LogP contribution in [-0.2, 0) is 28.0 Å². The van der Waals surface area contributed by atoms with E-state index in [2.05, 4.69) is 66.9 Å². The number of esters is 1. The zero-order valence-corrected chi connectivity index (χ0v) is 41.1. The number of nitrogens with one attached hydrogen (secondary N) is 4. The third kappa shape index (κ3) is 15.7. The maximum absolute atomic E-state index is 14.3. The van der Waals surface area contributed by atoms with Crippen LogP contribution in [0.15, 0.2) is 46.0 Å². The van der Waals surface area contributed by atoms with Crippen molar-refractivity contribution in [2.45, 2.75) is 58.0 Å². The summed E-state index contributed by atoms with van der Waals surface area (Å²) >= 11 is 14.4. The first kappa shape index (κ1) is 55.1. The molecule has 1 aromatic carbocycles. The number of alkyl halides is 3. The second kappa shape index (κ2) is 24.0. The van der Waals surface area contributed by atoms with Crippen LogP contribution in [0.4, 0.5) is 40.2 Å². The van der Waals surface area contributed by atoms with Gasteiger partial charge in [0.1, 0.15) is 11.5 Å². The zero-order valence-electron chi connectivity index (χ0n) is 37.2. The fourth-order valence-electron chi connectivity index (χ4n) is 5.03. The van der Waals surface area contributed by atoms with E-state index in [9.17, 15) is 40.4 Å². The molecule has 4 N–H and O–H groups in total. The molecule has 0 saturated heterocycles. The van der Waals surface area contributed by atoms with E-state index in [0.717, 1.165) is 25.7 Å². The number of carbonyl (C=O) groups excluding carboxylic acids is 3. The van der Waals surface area contributed by atoms with E-state index >= 15 is 0 Å². The van der Waals surface area contributed by atoms with Gasteiger partial charge in [0.25, 0.3) is 15.9 Å². The molecule has 4 aromatic heterocycles. The monoisotopic (exact) mass is 1070 g/mol. The molecular weight excluding hydrogens is 1030 g/mol. The number of carbonyl (C=O) groups is 3. The maximum atomic E-state index is 14.3. The minimum absolute atomic E-state index is 0.0913. The first-order valence-corrected chi connectivity index (χ1v) is 22.1. The number of amides is 3. The summed E-state index contributed by atoms with van der Waals surface area (Å²) in [6, 6.07) is 5.03. The summed E-state index contributed by atoms with van der Waals surface area (Å²) in [4.78, 5) is 61.0. The predicted molar refractivity (Wildman–Crippen MR) is 241 cm³/mol. The summed E-state index contributed by atoms with van der Waals surface area (Å²) < 4.78 is 95.3. The van der Waals surface area contributed by atoms with Crippen LogP contribution in [0, 0.1) is 5.82 Å². The number of aryl methyl sites for hydroxylation is 1. The van der Waals surface area contributed by atoms with E-state index in [4.69, 9.17) is 37.4 Å². The van der Waals surface area contributed by atoms with Gasteiger partial charge < -0.3 is 29.7 Å². The van der Waals surface area contributed by atoms with Gasteiger partial charge in [0.15, 0.2) is 10.7 Å². The number of ether oxygens (including phenoxy) is 3. The van der Waals surface area contributed by atoms with E-state index in [0.29, 0.717) is 16.6 Å². The van der Waals surface area contributed by atoms with Crippen molar-refractivity contribution in [2.24, 2.45) is 7.05 Å². The van der Waals surface area contributed by atoms with E-state index in [1.54, 1.807) is 18.6 Å². The van der Waals surface area contributed by atoms with Crippen LogP contribution in [0.5, 0.6) is 11.8 Å². The molecule has 4 heterocycles. The molecule has 29 heteroatoms. The van der Waals surface area contributed by atoms with Crippen LogP contribution in [0.2, 0.25) is 10.3 Å². The molecule has 0 saturated carbocycles. The van der Waals surface area contributed by atoms with E-state index in [1.165, 1.54) is 57.6 Å². The summed E-state index contributed by atoms with van der Waals surface area (Å²) in [5.74, 6) is -1.40. The van der Waals surface area contributed by atoms with Crippen molar-refractivity contribution in [3.8, 4) is 23.0 Å². The predicted octanol–water partition coefficient (Wildman–Crippen LogP) is 7.10. The van der Waals surface area contributed by atoms with Crippen LogP contribution in [-0.4, -0.2) is 118 Å². The second-order valence-electron chi connectivity index (χ2n) is 13.9. The van der Waals surface area contributed by atoms with E-state index < -0.39 is 61.2 Å². The fourth-order valence-corrected chi connectivity index (χ4v) is 7.23. The van der Waals surface area contributed by atoms with Crippen molar-refractivity contribution < 1.29 is 54.6 Å². The van der Waals surface area contributed by atoms with Gasteiger partial charge in [-0.3, -0.25) is 14.8 Å². The molecule has 0 spiro atoms. The second-order valence-corrected chi connectivity index (χ2v) is 17.0. The average Bonchev–Trinajstić information content (AvgIpc) is 3.53. The van der Waals surface area contributed by atoms with Crippen molar-refractivity contribution in [3.05, 3.63) is 73.9 Å². The molecular formula is C38H44BrCl2F4N13O8S. The Kier molecular flexibility index (Phi) is 19.8. The number of pyridine rings is 1. The van der Waals surface area contributed by atoms with Gasteiger partial charge in [-0.2, -0.15) is 51.6 Å². The molecule has 0 unspecified atom stereocenters. The Bertz CT molecular complexity index is 2660. The van der Waals surface area contributed by atoms with Crippen LogP contribution in [0.1, 0.15) is 61.0 Å². The number of benzene rings is 1. The molecule has 364 valence electrons. The Hall–Kier alpha value is -6.19. The van der Waals surface area contributed by atoms with Crippen molar-refractivity contribution >= 4 is 84.9 Å². The highest BCUT2D eigenvalue weighted by molar-refractivity contribution is 9.10. The topological polar surface area (TPSA) is 260 Å². The normalized spacial score (nSPS) is 11.1. The summed E-state index contributed by atoms with van der Waals surface area (Å²) in [5, 5.41) is 11.3. The number of hydrogen-bond donors (Lipinski definition) is 4. The minimum atomic E-state index is -4.69. The lowest BCUT2D eigenvalue weighted by molar-refractivity contribution is -0.144. The average molecular weight is 1070 g/mol. The van der Waals surface area contributed by atoms with E-state index in [-0.39, 0.29) is 56.4 Å². The molecule has 0 atom stereocenters. The molecule has 5 rings (SSSR count). The Balaban J connectivity index is 0.000000281. The quantitative estimate of drug-likeness (QED) is 0.0677. The smallest absolute Gasteiger partial charge is 0.434 e. The molecule has 0 fully saturated rings. The Labute approximate surface area is 399 Å². The van der Waals surface area contributed by atoms with Crippen LogP contribution in [0.25, 0.3) is 11.3 Å². The maximum Gasteiger partial charge on any atom is 0.434 e. The third-order valence-electron chi connectivity index (χ3n) is 7.71. The summed E-state index contributed by atoms with van der Waals surface area (Å²) in [6.07, 6.45) is -3.95. The van der Waals surface area contributed by atoms with Gasteiger partial charge in [-0.25, -0.2) is 23.7 Å². The third-order valence-corrected chi connectivity index (χ3v) is 10.2. The number of sulfonamides is 1. The highest BCUT2D eigenvalue weighted by Gasteiger charge is 2.39. The number of methoxy groups -OCH3 is 2. The van der Waals surface area contributed by atoms with Gasteiger partial charge in [-0.15, -0.1) is 0 Å². The Morgan fingerprint density at radius 2 is 1.54 bits per heavy atom. The highest BCUT2D eigenvalue weighted by atomic mass is 79.9. The van der Waals surface area contributed by atoms with Crippen LogP contribution in [0.3, 0.4) is 0 Å². The summed E-state index contributed by atoms with van der Waals surface area (Å²) in [6.45, 7) is 9.95. The molecule has 5 aromatic rings. The number of hydrogen-bond acceptors (Lipinski definition) is 17. The van der Waals surface area contributed by atoms with E-state index in [1.807, 2.05) is 20.8 Å². The number of aromatic nitrogens is 8. The molecule has 0 aliphatic rings. The molecule has 0 aliphatic heterocycles. The number of nitrogens with zero attached hydrogens (tertiary/aromatic N) is 9. The Morgan fingerprint density at radius 3 is 2.06 bits per heavy atom. The van der Waals surface area contributed by atoms with Crippen molar-refractivity contribution in [1.82, 2.24) is 49.3 Å². The van der Waals surface area contributed by atoms with Crippen LogP contribution >= 0.6 is 39.1 Å². The van der Waals surface area contributed by atoms with Crippen molar-refractivity contribution in [2.75, 3.05) is 50.8 Å². The lowest BCUT2D eigenvalue weighted by Crippen LogP contribution is -2.36. The molecule has 0 bridgehead atoms. The van der Waals surface area contributed by atoms with Gasteiger partial charge in [0, 0.05) is 45.5 Å². The SMILES string of the molecule is CC(C)OC(=O)c1cc(-c2nn(C)c(C(F)(F)F)c2Br)c(F)cc1Cl.CCNc1nc(Cl)nc(NC(C)C)n1.COc1cc(OC)nc(NC(=O)NS(=O)(=O)c2ncccc2C(=O)N(C)C)n1. The standard InChI is InChI=1S/C15H12BrClF4N2O2.C15H18N6O6S.C8H14ClN5/c1-6(2)25-14(24)7-4-8(10(18)5-9(7)17)12-11(16)13(15(19,20)21)23(3)22-12;1-21(2)13(22)9-6-5-7-16-12(9)28(24,25)20-15(23)19-14-17-10(26-3)8-11(18-14)27-4;1-4-10-7-12-6(9)13-8(14-7)11-5(2)3/h4-6H,1-3H3;5-8H,1-4H3,(H2,17,18,19,20,23);5H,4H2,1-3H3,(H2,10,11,12,13,14). The van der Waals surface area contributed by atoms with Crippen molar-refractivity contribution in [1.29, 1.82) is 0 Å². The number of anilines is 3. The molecule has 0 aliphatic carbocycles. The van der Waals surface area contributed by atoms with Crippen molar-refractivity contribution in [3.63, 3.8) is 0 Å². The summed E-state index contributed by atoms with van der Waals surface area (Å²) in [7, 11) is 2.23. The minimum Gasteiger partial charge on any atom is -0.481 e. The lowest BCUT2D eigenvalue weighted by Gasteiger charge is -2.14. The fraction of sp³-hybridized carbons (Fsp3) is 0.368. The zero-order chi connectivity index (χ0) is 50.6. The number of urea groups is 1.